The normalized spacial score (nSPS) is 10.9. The van der Waals surface area contributed by atoms with E-state index >= 15 is 0 Å². The van der Waals surface area contributed by atoms with Gasteiger partial charge in [-0.15, -0.1) is 11.3 Å². The molecule has 3 rings (SSSR count). The molecule has 0 aromatic carbocycles. The van der Waals surface area contributed by atoms with Crippen molar-refractivity contribution in [2.45, 2.75) is 6.92 Å². The van der Waals surface area contributed by atoms with Gasteiger partial charge in [-0.1, -0.05) is 0 Å². The van der Waals surface area contributed by atoms with E-state index in [1.54, 1.807) is 23.9 Å². The zero-order valence-electron chi connectivity index (χ0n) is 9.30. The van der Waals surface area contributed by atoms with Crippen LogP contribution < -0.4 is 5.32 Å². The van der Waals surface area contributed by atoms with Crippen molar-refractivity contribution in [1.82, 2.24) is 9.97 Å². The minimum Gasteiger partial charge on any atom is -0.472 e. The quantitative estimate of drug-likeness (QED) is 0.768. The van der Waals surface area contributed by atoms with Crippen molar-refractivity contribution in [1.29, 1.82) is 0 Å². The lowest BCUT2D eigenvalue weighted by molar-refractivity contribution is 0.568. The summed E-state index contributed by atoms with van der Waals surface area (Å²) >= 11 is 1.62. The molecule has 4 nitrogen and oxygen atoms in total. The molecular formula is C12H11N3OS. The van der Waals surface area contributed by atoms with Crippen molar-refractivity contribution in [2.75, 3.05) is 11.9 Å². The topological polar surface area (TPSA) is 51.0 Å². The van der Waals surface area contributed by atoms with Crippen LogP contribution in [0.4, 0.5) is 5.82 Å². The van der Waals surface area contributed by atoms with Crippen LogP contribution in [0.2, 0.25) is 0 Å². The fourth-order valence-electron chi connectivity index (χ4n) is 1.68. The minimum atomic E-state index is 0.699. The Kier molecular flexibility index (Phi) is 2.53. The SMILES string of the molecule is CCNc1nc(-c2ccoc2)nc2sccc12. The maximum absolute atomic E-state index is 5.07. The summed E-state index contributed by atoms with van der Waals surface area (Å²) in [7, 11) is 0. The summed E-state index contributed by atoms with van der Waals surface area (Å²) in [5, 5.41) is 6.36. The lowest BCUT2D eigenvalue weighted by Crippen LogP contribution is -2.01. The second kappa shape index (κ2) is 4.18. The van der Waals surface area contributed by atoms with Gasteiger partial charge in [0.2, 0.25) is 0 Å². The number of fused-ring (bicyclic) bond motifs is 1. The van der Waals surface area contributed by atoms with Crippen LogP contribution in [0.25, 0.3) is 21.6 Å². The first-order valence-corrected chi connectivity index (χ1v) is 6.28. The predicted molar refractivity (Wildman–Crippen MR) is 69.3 cm³/mol. The van der Waals surface area contributed by atoms with E-state index in [1.165, 1.54) is 0 Å². The summed E-state index contributed by atoms with van der Waals surface area (Å²) in [6.07, 6.45) is 3.29. The lowest BCUT2D eigenvalue weighted by atomic mass is 10.3. The first kappa shape index (κ1) is 10.3. The van der Waals surface area contributed by atoms with Gasteiger partial charge in [-0.25, -0.2) is 9.97 Å². The molecule has 0 radical (unpaired) electrons. The zero-order valence-corrected chi connectivity index (χ0v) is 10.1. The molecular weight excluding hydrogens is 234 g/mol. The van der Waals surface area contributed by atoms with Crippen molar-refractivity contribution < 1.29 is 4.42 Å². The summed E-state index contributed by atoms with van der Waals surface area (Å²) in [5.74, 6) is 1.58. The average Bonchev–Trinajstić information content (AvgIpc) is 3.00. The van der Waals surface area contributed by atoms with Gasteiger partial charge in [0.1, 0.15) is 16.9 Å². The molecule has 0 aliphatic carbocycles. The van der Waals surface area contributed by atoms with Crippen LogP contribution in [0.5, 0.6) is 0 Å². The number of hydrogen-bond donors (Lipinski definition) is 1. The molecule has 0 amide bonds. The molecule has 0 unspecified atom stereocenters. The first-order chi connectivity index (χ1) is 8.38. The van der Waals surface area contributed by atoms with Crippen LogP contribution in [-0.4, -0.2) is 16.5 Å². The van der Waals surface area contributed by atoms with E-state index in [0.29, 0.717) is 5.82 Å². The van der Waals surface area contributed by atoms with Gasteiger partial charge in [-0.3, -0.25) is 0 Å². The van der Waals surface area contributed by atoms with E-state index in [9.17, 15) is 0 Å². The van der Waals surface area contributed by atoms with Crippen molar-refractivity contribution >= 4 is 27.4 Å². The fourth-order valence-corrected chi connectivity index (χ4v) is 2.44. The van der Waals surface area contributed by atoms with Gasteiger partial charge in [-0.2, -0.15) is 0 Å². The van der Waals surface area contributed by atoms with Gasteiger partial charge < -0.3 is 9.73 Å². The Morgan fingerprint density at radius 2 is 2.29 bits per heavy atom. The van der Waals surface area contributed by atoms with Gasteiger partial charge in [0.05, 0.1) is 17.2 Å². The maximum Gasteiger partial charge on any atom is 0.166 e. The Balaban J connectivity index is 2.20. The highest BCUT2D eigenvalue weighted by Gasteiger charge is 2.10. The molecule has 0 fully saturated rings. The minimum absolute atomic E-state index is 0.699. The van der Waals surface area contributed by atoms with E-state index in [-0.39, 0.29) is 0 Å². The number of rotatable bonds is 3. The van der Waals surface area contributed by atoms with Crippen molar-refractivity contribution in [3.63, 3.8) is 0 Å². The highest BCUT2D eigenvalue weighted by Crippen LogP contribution is 2.28. The van der Waals surface area contributed by atoms with Gasteiger partial charge in [0.25, 0.3) is 0 Å². The molecule has 17 heavy (non-hydrogen) atoms. The fraction of sp³-hybridized carbons (Fsp3) is 0.167. The molecule has 3 heterocycles. The summed E-state index contributed by atoms with van der Waals surface area (Å²) in [6, 6.07) is 3.90. The zero-order chi connectivity index (χ0) is 11.7. The molecule has 0 bridgehead atoms. The summed E-state index contributed by atoms with van der Waals surface area (Å²) in [5.41, 5.74) is 0.902. The molecule has 1 N–H and O–H groups in total. The molecule has 0 aliphatic heterocycles. The third-order valence-corrected chi connectivity index (χ3v) is 3.26. The van der Waals surface area contributed by atoms with Gasteiger partial charge in [-0.05, 0) is 24.4 Å². The van der Waals surface area contributed by atoms with E-state index in [2.05, 4.69) is 22.2 Å². The van der Waals surface area contributed by atoms with Crippen molar-refractivity contribution in [3.05, 3.63) is 30.0 Å². The third kappa shape index (κ3) is 1.78. The van der Waals surface area contributed by atoms with Crippen LogP contribution in [0.15, 0.2) is 34.5 Å². The largest absolute Gasteiger partial charge is 0.472 e. The second-order valence-corrected chi connectivity index (χ2v) is 4.47. The smallest absolute Gasteiger partial charge is 0.166 e. The lowest BCUT2D eigenvalue weighted by Gasteiger charge is -2.05. The monoisotopic (exact) mass is 245 g/mol. The van der Waals surface area contributed by atoms with Crippen LogP contribution in [0, 0.1) is 0 Å². The number of aromatic nitrogens is 2. The summed E-state index contributed by atoms with van der Waals surface area (Å²) in [6.45, 7) is 2.89. The molecule has 0 spiro atoms. The van der Waals surface area contributed by atoms with Crippen molar-refractivity contribution in [3.8, 4) is 11.4 Å². The molecule has 0 aliphatic rings. The first-order valence-electron chi connectivity index (χ1n) is 5.40. The molecule has 86 valence electrons. The summed E-state index contributed by atoms with van der Waals surface area (Å²) in [4.78, 5) is 10.1. The second-order valence-electron chi connectivity index (χ2n) is 3.58. The average molecular weight is 245 g/mol. The highest BCUT2D eigenvalue weighted by molar-refractivity contribution is 7.16. The number of nitrogens with one attached hydrogen (secondary N) is 1. The number of thiophene rings is 1. The van der Waals surface area contributed by atoms with Gasteiger partial charge >= 0.3 is 0 Å². The van der Waals surface area contributed by atoms with Crippen molar-refractivity contribution in [2.24, 2.45) is 0 Å². The molecule has 0 saturated carbocycles. The Morgan fingerprint density at radius 1 is 1.35 bits per heavy atom. The number of nitrogens with zero attached hydrogens (tertiary/aromatic N) is 2. The molecule has 3 aromatic rings. The summed E-state index contributed by atoms with van der Waals surface area (Å²) < 4.78 is 5.07. The molecule has 0 atom stereocenters. The van der Waals surface area contributed by atoms with Gasteiger partial charge in [0.15, 0.2) is 5.82 Å². The number of anilines is 1. The Labute approximate surface area is 102 Å². The highest BCUT2D eigenvalue weighted by atomic mass is 32.1. The standard InChI is InChI=1S/C12H11N3OS/c1-2-13-11-9-4-6-17-12(9)15-10(14-11)8-3-5-16-7-8/h3-7H,2H2,1H3,(H,13,14,15). The van der Waals surface area contributed by atoms with Crippen LogP contribution >= 0.6 is 11.3 Å². The van der Waals surface area contributed by atoms with E-state index < -0.39 is 0 Å². The Hall–Kier alpha value is -1.88. The van der Waals surface area contributed by atoms with Crippen LogP contribution in [-0.2, 0) is 0 Å². The van der Waals surface area contributed by atoms with Crippen LogP contribution in [0.3, 0.4) is 0 Å². The number of hydrogen-bond acceptors (Lipinski definition) is 5. The van der Waals surface area contributed by atoms with Crippen LogP contribution in [0.1, 0.15) is 6.92 Å². The Morgan fingerprint density at radius 3 is 3.06 bits per heavy atom. The van der Waals surface area contributed by atoms with E-state index in [0.717, 1.165) is 28.1 Å². The number of furan rings is 1. The van der Waals surface area contributed by atoms with Gasteiger partial charge in [0, 0.05) is 6.54 Å². The molecule has 3 aromatic heterocycles. The predicted octanol–water partition coefficient (Wildman–Crippen LogP) is 3.38. The van der Waals surface area contributed by atoms with E-state index in [1.807, 2.05) is 17.5 Å². The Bertz CT molecular complexity index is 630. The molecule has 0 saturated heterocycles. The maximum atomic E-state index is 5.07. The molecule has 5 heteroatoms. The van der Waals surface area contributed by atoms with E-state index in [4.69, 9.17) is 4.42 Å². The third-order valence-electron chi connectivity index (χ3n) is 2.45.